The molecule has 0 N–H and O–H groups in total. The minimum Gasteiger partial charge on any atom is -0.353 e. The molecule has 0 amide bonds. The van der Waals surface area contributed by atoms with Crippen molar-refractivity contribution in [3.8, 4) is 0 Å². The predicted molar refractivity (Wildman–Crippen MR) is 51.5 cm³/mol. The maximum Gasteiger partial charge on any atom is 0.158 e. The van der Waals surface area contributed by atoms with Crippen LogP contribution in [0.1, 0.15) is 38.5 Å². The highest BCUT2D eigenvalue weighted by Crippen LogP contribution is 2.20. The molecule has 0 aromatic heterocycles. The van der Waals surface area contributed by atoms with Crippen molar-refractivity contribution in [2.75, 3.05) is 13.2 Å². The highest BCUT2D eigenvalue weighted by atomic mass is 16.7. The van der Waals surface area contributed by atoms with Gasteiger partial charge >= 0.3 is 0 Å². The van der Waals surface area contributed by atoms with Crippen LogP contribution in [0.3, 0.4) is 0 Å². The van der Waals surface area contributed by atoms with E-state index in [9.17, 15) is 0 Å². The summed E-state index contributed by atoms with van der Waals surface area (Å²) in [5, 5.41) is 0. The van der Waals surface area contributed by atoms with Gasteiger partial charge in [0.2, 0.25) is 0 Å². The second kappa shape index (κ2) is 4.77. The molecule has 1 aliphatic carbocycles. The lowest BCUT2D eigenvalue weighted by molar-refractivity contribution is -0.104. The summed E-state index contributed by atoms with van der Waals surface area (Å²) in [5.41, 5.74) is 1.47. The maximum absolute atomic E-state index is 5.65. The van der Waals surface area contributed by atoms with Gasteiger partial charge in [-0.2, -0.15) is 0 Å². The zero-order valence-corrected chi connectivity index (χ0v) is 8.13. The second-order valence-electron chi connectivity index (χ2n) is 3.86. The van der Waals surface area contributed by atoms with Gasteiger partial charge in [-0.05, 0) is 37.7 Å². The number of hydrogen-bond donors (Lipinski definition) is 0. The third-order valence-corrected chi connectivity index (χ3v) is 2.73. The third-order valence-electron chi connectivity index (χ3n) is 2.73. The van der Waals surface area contributed by atoms with Crippen LogP contribution in [0.5, 0.6) is 0 Å². The Morgan fingerprint density at radius 1 is 1.38 bits per heavy atom. The minimum absolute atomic E-state index is 0.0860. The molecule has 2 aliphatic rings. The lowest BCUT2D eigenvalue weighted by atomic mass is 10.0. The summed E-state index contributed by atoms with van der Waals surface area (Å²) in [6.45, 7) is 1.67. The summed E-state index contributed by atoms with van der Waals surface area (Å²) < 4.78 is 11.0. The number of allylic oxidation sites excluding steroid dienone is 1. The summed E-state index contributed by atoms with van der Waals surface area (Å²) in [6, 6.07) is 0. The van der Waals surface area contributed by atoms with E-state index in [0.717, 1.165) is 26.1 Å². The van der Waals surface area contributed by atoms with Gasteiger partial charge in [-0.25, -0.2) is 0 Å². The first kappa shape index (κ1) is 9.22. The third kappa shape index (κ3) is 2.82. The van der Waals surface area contributed by atoms with Crippen LogP contribution in [0.15, 0.2) is 11.6 Å². The van der Waals surface area contributed by atoms with Crippen molar-refractivity contribution in [1.82, 2.24) is 0 Å². The van der Waals surface area contributed by atoms with E-state index in [4.69, 9.17) is 9.47 Å². The Balaban J connectivity index is 1.68. The molecule has 0 aromatic rings. The van der Waals surface area contributed by atoms with Gasteiger partial charge in [-0.1, -0.05) is 6.08 Å². The largest absolute Gasteiger partial charge is 0.353 e. The molecule has 1 saturated heterocycles. The van der Waals surface area contributed by atoms with Crippen molar-refractivity contribution in [2.24, 2.45) is 0 Å². The topological polar surface area (TPSA) is 18.5 Å². The Morgan fingerprint density at radius 2 is 2.38 bits per heavy atom. The van der Waals surface area contributed by atoms with E-state index < -0.39 is 0 Å². The van der Waals surface area contributed by atoms with Crippen molar-refractivity contribution >= 4 is 0 Å². The molecular formula is C11H18O2. The molecular weight excluding hydrogens is 164 g/mol. The second-order valence-corrected chi connectivity index (χ2v) is 3.86. The van der Waals surface area contributed by atoms with Gasteiger partial charge in [0.25, 0.3) is 0 Å². The summed E-state index contributed by atoms with van der Waals surface area (Å²) >= 11 is 0. The van der Waals surface area contributed by atoms with Gasteiger partial charge in [0.1, 0.15) is 0 Å². The minimum atomic E-state index is 0.0860. The van der Waals surface area contributed by atoms with Crippen molar-refractivity contribution in [3.63, 3.8) is 0 Å². The van der Waals surface area contributed by atoms with Crippen LogP contribution in [0.4, 0.5) is 0 Å². The van der Waals surface area contributed by atoms with E-state index in [0.29, 0.717) is 0 Å². The Hall–Kier alpha value is -0.340. The van der Waals surface area contributed by atoms with Gasteiger partial charge in [-0.15, -0.1) is 0 Å². The molecule has 74 valence electrons. The number of ether oxygens (including phenoxy) is 2. The van der Waals surface area contributed by atoms with Gasteiger partial charge < -0.3 is 9.47 Å². The van der Waals surface area contributed by atoms with Gasteiger partial charge in [-0.3, -0.25) is 0 Å². The van der Waals surface area contributed by atoms with Crippen LogP contribution >= 0.6 is 0 Å². The van der Waals surface area contributed by atoms with Crippen LogP contribution in [-0.2, 0) is 9.47 Å². The molecule has 0 saturated carbocycles. The molecule has 2 rings (SSSR count). The Kier molecular flexibility index (Phi) is 3.39. The average molecular weight is 182 g/mol. The fourth-order valence-electron chi connectivity index (χ4n) is 1.92. The smallest absolute Gasteiger partial charge is 0.158 e. The van der Waals surface area contributed by atoms with E-state index in [1.165, 1.54) is 31.3 Å². The quantitative estimate of drug-likeness (QED) is 0.625. The molecule has 1 heterocycles. The molecule has 0 radical (unpaired) electrons. The van der Waals surface area contributed by atoms with Gasteiger partial charge in [0.05, 0.1) is 6.61 Å². The van der Waals surface area contributed by atoms with E-state index in [1.807, 2.05) is 0 Å². The summed E-state index contributed by atoms with van der Waals surface area (Å²) in [7, 11) is 0. The lowest BCUT2D eigenvalue weighted by Crippen LogP contribution is -2.13. The zero-order chi connectivity index (χ0) is 8.93. The molecule has 13 heavy (non-hydrogen) atoms. The van der Waals surface area contributed by atoms with Crippen LogP contribution in [-0.4, -0.2) is 19.5 Å². The summed E-state index contributed by atoms with van der Waals surface area (Å²) in [6.07, 6.45) is 9.80. The van der Waals surface area contributed by atoms with Gasteiger partial charge in [0, 0.05) is 13.0 Å². The molecule has 1 atom stereocenters. The molecule has 0 aromatic carbocycles. The molecule has 0 spiro atoms. The Bertz CT molecular complexity index is 181. The molecule has 1 aliphatic heterocycles. The van der Waals surface area contributed by atoms with Crippen LogP contribution in [0.25, 0.3) is 0 Å². The van der Waals surface area contributed by atoms with Crippen LogP contribution in [0, 0.1) is 0 Å². The lowest BCUT2D eigenvalue weighted by Gasteiger charge is -2.15. The van der Waals surface area contributed by atoms with Crippen molar-refractivity contribution < 1.29 is 9.47 Å². The number of hydrogen-bond acceptors (Lipinski definition) is 2. The maximum atomic E-state index is 5.65. The van der Waals surface area contributed by atoms with E-state index in [-0.39, 0.29) is 6.29 Å². The SMILES string of the molecule is C1=C(CO[C@@H]2CCCO2)CCCC1. The molecule has 2 nitrogen and oxygen atoms in total. The first-order chi connectivity index (χ1) is 6.45. The Morgan fingerprint density at radius 3 is 3.08 bits per heavy atom. The number of rotatable bonds is 3. The van der Waals surface area contributed by atoms with Crippen molar-refractivity contribution in [1.29, 1.82) is 0 Å². The van der Waals surface area contributed by atoms with Crippen LogP contribution < -0.4 is 0 Å². The Labute approximate surface area is 79.9 Å². The summed E-state index contributed by atoms with van der Waals surface area (Å²) in [5.74, 6) is 0. The van der Waals surface area contributed by atoms with Crippen molar-refractivity contribution in [3.05, 3.63) is 11.6 Å². The highest BCUT2D eigenvalue weighted by molar-refractivity contribution is 5.05. The molecule has 0 unspecified atom stereocenters. The molecule has 0 bridgehead atoms. The standard InChI is InChI=1S/C11H18O2/c1-2-5-10(6-3-1)9-13-11-7-4-8-12-11/h5,11H,1-4,6-9H2/t11-/m1/s1. The van der Waals surface area contributed by atoms with Gasteiger partial charge in [0.15, 0.2) is 6.29 Å². The fraction of sp³-hybridized carbons (Fsp3) is 0.818. The predicted octanol–water partition coefficient (Wildman–Crippen LogP) is 2.64. The van der Waals surface area contributed by atoms with E-state index in [1.54, 1.807) is 0 Å². The first-order valence-electron chi connectivity index (χ1n) is 5.36. The zero-order valence-electron chi connectivity index (χ0n) is 8.13. The highest BCUT2D eigenvalue weighted by Gasteiger charge is 2.16. The fourth-order valence-corrected chi connectivity index (χ4v) is 1.92. The normalized spacial score (nSPS) is 28.9. The van der Waals surface area contributed by atoms with E-state index >= 15 is 0 Å². The summed E-state index contributed by atoms with van der Waals surface area (Å²) in [4.78, 5) is 0. The average Bonchev–Trinajstić information content (AvgIpc) is 2.69. The monoisotopic (exact) mass is 182 g/mol. The van der Waals surface area contributed by atoms with Crippen LogP contribution in [0.2, 0.25) is 0 Å². The molecule has 1 fully saturated rings. The van der Waals surface area contributed by atoms with Crippen molar-refractivity contribution in [2.45, 2.75) is 44.8 Å². The first-order valence-corrected chi connectivity index (χ1v) is 5.36. The molecule has 2 heteroatoms. The van der Waals surface area contributed by atoms with E-state index in [2.05, 4.69) is 6.08 Å².